The Hall–Kier alpha value is -1.87. The van der Waals surface area contributed by atoms with E-state index in [2.05, 4.69) is 11.0 Å². The number of methoxy groups -OCH3 is 1. The van der Waals surface area contributed by atoms with Gasteiger partial charge in [0.15, 0.2) is 6.73 Å². The van der Waals surface area contributed by atoms with Crippen LogP contribution in [0.1, 0.15) is 11.1 Å². The van der Waals surface area contributed by atoms with E-state index in [1.165, 1.54) is 0 Å². The van der Waals surface area contributed by atoms with Gasteiger partial charge in [-0.25, -0.2) is 0 Å². The fourth-order valence-electron chi connectivity index (χ4n) is 2.29. The Bertz CT molecular complexity index is 642. The van der Waals surface area contributed by atoms with Gasteiger partial charge in [-0.3, -0.25) is 0 Å². The predicted molar refractivity (Wildman–Crippen MR) is 80.9 cm³/mol. The third-order valence-corrected chi connectivity index (χ3v) is 3.93. The first-order valence-corrected chi connectivity index (χ1v) is 6.86. The molecule has 2 aromatic rings. The zero-order valence-corrected chi connectivity index (χ0v) is 12.3. The van der Waals surface area contributed by atoms with Crippen molar-refractivity contribution >= 4 is 17.3 Å². The van der Waals surface area contributed by atoms with Crippen LogP contribution in [0.4, 0.5) is 5.69 Å². The molecule has 0 amide bonds. The first kappa shape index (κ1) is 13.1. The summed E-state index contributed by atoms with van der Waals surface area (Å²) in [5, 5.41) is 0.777. The van der Waals surface area contributed by atoms with Crippen molar-refractivity contribution in [3.63, 3.8) is 0 Å². The van der Waals surface area contributed by atoms with Crippen molar-refractivity contribution in [1.82, 2.24) is 0 Å². The molecule has 20 heavy (non-hydrogen) atoms. The fourth-order valence-corrected chi connectivity index (χ4v) is 2.46. The van der Waals surface area contributed by atoms with E-state index in [4.69, 9.17) is 21.1 Å². The van der Waals surface area contributed by atoms with Crippen molar-refractivity contribution in [1.29, 1.82) is 0 Å². The Kier molecular flexibility index (Phi) is 3.45. The molecule has 104 valence electrons. The van der Waals surface area contributed by atoms with Gasteiger partial charge in [0, 0.05) is 22.8 Å². The van der Waals surface area contributed by atoms with Crippen LogP contribution < -0.4 is 14.4 Å². The lowest BCUT2D eigenvalue weighted by Crippen LogP contribution is -2.31. The molecule has 0 atom stereocenters. The number of rotatable bonds is 2. The van der Waals surface area contributed by atoms with Gasteiger partial charge >= 0.3 is 0 Å². The highest BCUT2D eigenvalue weighted by atomic mass is 35.5. The molecule has 1 aliphatic heterocycles. The van der Waals surface area contributed by atoms with Crippen molar-refractivity contribution in [2.75, 3.05) is 18.7 Å². The molecule has 1 aliphatic rings. The monoisotopic (exact) mass is 289 g/mol. The van der Waals surface area contributed by atoms with Crippen LogP contribution in [-0.2, 0) is 6.54 Å². The van der Waals surface area contributed by atoms with Crippen molar-refractivity contribution in [2.24, 2.45) is 0 Å². The molecular formula is C16H16ClNO2. The van der Waals surface area contributed by atoms with Crippen molar-refractivity contribution in [2.45, 2.75) is 13.5 Å². The van der Waals surface area contributed by atoms with Crippen LogP contribution in [-0.4, -0.2) is 13.8 Å². The Morgan fingerprint density at radius 1 is 1.20 bits per heavy atom. The van der Waals surface area contributed by atoms with Crippen LogP contribution in [0.25, 0.3) is 0 Å². The molecule has 0 fully saturated rings. The first-order valence-electron chi connectivity index (χ1n) is 6.48. The van der Waals surface area contributed by atoms with Gasteiger partial charge in [-0.05, 0) is 42.8 Å². The van der Waals surface area contributed by atoms with E-state index in [1.807, 2.05) is 37.3 Å². The fraction of sp³-hybridized carbons (Fsp3) is 0.250. The van der Waals surface area contributed by atoms with Crippen molar-refractivity contribution in [3.8, 4) is 11.5 Å². The third kappa shape index (κ3) is 2.41. The molecule has 0 aliphatic carbocycles. The Morgan fingerprint density at radius 3 is 2.80 bits per heavy atom. The number of hydrogen-bond acceptors (Lipinski definition) is 3. The number of fused-ring (bicyclic) bond motifs is 1. The highest BCUT2D eigenvalue weighted by Crippen LogP contribution is 2.32. The molecule has 2 aromatic carbocycles. The number of halogens is 1. The highest BCUT2D eigenvalue weighted by Gasteiger charge is 2.18. The lowest BCUT2D eigenvalue weighted by Gasteiger charge is -2.31. The molecule has 0 unspecified atom stereocenters. The summed E-state index contributed by atoms with van der Waals surface area (Å²) in [6, 6.07) is 11.9. The van der Waals surface area contributed by atoms with E-state index in [9.17, 15) is 0 Å². The topological polar surface area (TPSA) is 21.7 Å². The van der Waals surface area contributed by atoms with E-state index >= 15 is 0 Å². The van der Waals surface area contributed by atoms with Gasteiger partial charge in [-0.15, -0.1) is 0 Å². The van der Waals surface area contributed by atoms with E-state index in [0.717, 1.165) is 39.9 Å². The van der Waals surface area contributed by atoms with E-state index in [1.54, 1.807) is 7.11 Å². The van der Waals surface area contributed by atoms with Crippen LogP contribution in [0.15, 0.2) is 36.4 Å². The summed E-state index contributed by atoms with van der Waals surface area (Å²) in [6.07, 6.45) is 0. The lowest BCUT2D eigenvalue weighted by atomic mass is 10.1. The van der Waals surface area contributed by atoms with Gasteiger partial charge in [0.05, 0.1) is 7.11 Å². The van der Waals surface area contributed by atoms with E-state index < -0.39 is 0 Å². The standard InChI is InChI=1S/C16H16ClNO2/c1-11-3-4-13(8-15(11)17)18-9-12-7-14(19-2)5-6-16(12)20-10-18/h3-8H,9-10H2,1-2H3. The molecule has 3 nitrogen and oxygen atoms in total. The molecule has 0 aromatic heterocycles. The van der Waals surface area contributed by atoms with Gasteiger partial charge in [0.25, 0.3) is 0 Å². The Labute approximate surface area is 123 Å². The summed E-state index contributed by atoms with van der Waals surface area (Å²) < 4.78 is 11.0. The maximum absolute atomic E-state index is 6.19. The lowest BCUT2D eigenvalue weighted by molar-refractivity contribution is 0.288. The molecule has 0 N–H and O–H groups in total. The number of benzene rings is 2. The molecule has 0 saturated carbocycles. The zero-order chi connectivity index (χ0) is 14.1. The molecule has 0 bridgehead atoms. The average molecular weight is 290 g/mol. The average Bonchev–Trinajstić information content (AvgIpc) is 2.49. The quantitative estimate of drug-likeness (QED) is 0.834. The minimum Gasteiger partial charge on any atom is -0.497 e. The number of aryl methyl sites for hydroxylation is 1. The summed E-state index contributed by atoms with van der Waals surface area (Å²) >= 11 is 6.19. The largest absolute Gasteiger partial charge is 0.497 e. The minimum atomic E-state index is 0.527. The van der Waals surface area contributed by atoms with Crippen LogP contribution >= 0.6 is 11.6 Å². The van der Waals surface area contributed by atoms with Crippen molar-refractivity contribution < 1.29 is 9.47 Å². The summed E-state index contributed by atoms with van der Waals surface area (Å²) in [4.78, 5) is 2.15. The molecule has 4 heteroatoms. The molecule has 0 spiro atoms. The predicted octanol–water partition coefficient (Wildman–Crippen LogP) is 4.01. The minimum absolute atomic E-state index is 0.527. The van der Waals surface area contributed by atoms with Crippen molar-refractivity contribution in [3.05, 3.63) is 52.5 Å². The summed E-state index contributed by atoms with van der Waals surface area (Å²) in [5.74, 6) is 1.76. The maximum atomic E-state index is 6.19. The molecule has 3 rings (SSSR count). The van der Waals surface area contributed by atoms with Crippen LogP contribution in [0.2, 0.25) is 5.02 Å². The second-order valence-electron chi connectivity index (χ2n) is 4.88. The smallest absolute Gasteiger partial charge is 0.161 e. The van der Waals surface area contributed by atoms with Crippen LogP contribution in [0, 0.1) is 6.92 Å². The van der Waals surface area contributed by atoms with Crippen LogP contribution in [0.5, 0.6) is 11.5 Å². The molecule has 0 saturated heterocycles. The van der Waals surface area contributed by atoms with Crippen LogP contribution in [0.3, 0.4) is 0 Å². The number of ether oxygens (including phenoxy) is 2. The zero-order valence-electron chi connectivity index (χ0n) is 11.5. The van der Waals surface area contributed by atoms with Gasteiger partial charge in [0.2, 0.25) is 0 Å². The molecular weight excluding hydrogens is 274 g/mol. The summed E-state index contributed by atoms with van der Waals surface area (Å²) in [7, 11) is 1.67. The summed E-state index contributed by atoms with van der Waals surface area (Å²) in [5.41, 5.74) is 3.26. The second kappa shape index (κ2) is 5.25. The molecule has 0 radical (unpaired) electrons. The van der Waals surface area contributed by atoms with E-state index in [-0.39, 0.29) is 0 Å². The second-order valence-corrected chi connectivity index (χ2v) is 5.29. The SMILES string of the molecule is COc1ccc2c(c1)CN(c1ccc(C)c(Cl)c1)CO2. The van der Waals surface area contributed by atoms with E-state index in [0.29, 0.717) is 6.73 Å². The number of anilines is 1. The Morgan fingerprint density at radius 2 is 2.05 bits per heavy atom. The van der Waals surface area contributed by atoms with Gasteiger partial charge in [0.1, 0.15) is 11.5 Å². The van der Waals surface area contributed by atoms with Gasteiger partial charge in [-0.1, -0.05) is 17.7 Å². The highest BCUT2D eigenvalue weighted by molar-refractivity contribution is 6.31. The third-order valence-electron chi connectivity index (χ3n) is 3.53. The summed E-state index contributed by atoms with van der Waals surface area (Å²) in [6.45, 7) is 3.31. The van der Waals surface area contributed by atoms with Gasteiger partial charge in [-0.2, -0.15) is 0 Å². The van der Waals surface area contributed by atoms with Gasteiger partial charge < -0.3 is 14.4 Å². The normalized spacial score (nSPS) is 13.7. The molecule has 1 heterocycles. The Balaban J connectivity index is 1.89. The maximum Gasteiger partial charge on any atom is 0.161 e. The number of nitrogens with zero attached hydrogens (tertiary/aromatic N) is 1. The number of hydrogen-bond donors (Lipinski definition) is 0. The first-order chi connectivity index (χ1) is 9.67.